The molecule has 1 heterocycles. The molecule has 0 spiro atoms. The summed E-state index contributed by atoms with van der Waals surface area (Å²) in [5.74, 6) is 4.50. The lowest BCUT2D eigenvalue weighted by molar-refractivity contribution is -0.137. The lowest BCUT2D eigenvalue weighted by atomic mass is 10.2. The normalized spacial score (nSPS) is 11.2. The third-order valence-electron chi connectivity index (χ3n) is 2.21. The molecule has 1 rings (SSSR count). The second-order valence-electron chi connectivity index (χ2n) is 3.77. The van der Waals surface area contributed by atoms with E-state index < -0.39 is 17.6 Å². The van der Waals surface area contributed by atoms with Gasteiger partial charge in [0.2, 0.25) is 5.91 Å². The standard InChI is InChI=1S/C10H14F3N5O/c11-10(12,13)6-4-8(17-9(5-6)18-15)16-3-1-2-7(14)19/h4-5H,1-3,15H2,(H2,14,19)(H2,16,17,18). The summed E-state index contributed by atoms with van der Waals surface area (Å²) in [5.41, 5.74) is 6.14. The van der Waals surface area contributed by atoms with E-state index in [1.54, 1.807) is 0 Å². The largest absolute Gasteiger partial charge is 0.416 e. The van der Waals surface area contributed by atoms with Crippen molar-refractivity contribution in [2.45, 2.75) is 19.0 Å². The molecule has 0 aliphatic rings. The van der Waals surface area contributed by atoms with Crippen LogP contribution in [0, 0.1) is 0 Å². The van der Waals surface area contributed by atoms with Crippen LogP contribution in [-0.4, -0.2) is 17.4 Å². The number of pyridine rings is 1. The number of halogens is 3. The van der Waals surface area contributed by atoms with Gasteiger partial charge in [0.15, 0.2) is 0 Å². The molecule has 0 aromatic carbocycles. The van der Waals surface area contributed by atoms with Gasteiger partial charge >= 0.3 is 6.18 Å². The number of nitrogens with one attached hydrogen (secondary N) is 2. The number of amides is 1. The highest BCUT2D eigenvalue weighted by molar-refractivity contribution is 5.73. The van der Waals surface area contributed by atoms with Crippen LogP contribution in [0.5, 0.6) is 0 Å². The Bertz CT molecular complexity index is 449. The van der Waals surface area contributed by atoms with Crippen molar-refractivity contribution in [3.8, 4) is 0 Å². The van der Waals surface area contributed by atoms with E-state index in [-0.39, 0.29) is 24.6 Å². The van der Waals surface area contributed by atoms with Gasteiger partial charge in [-0.2, -0.15) is 13.2 Å². The quantitative estimate of drug-likeness (QED) is 0.353. The molecule has 0 saturated heterocycles. The molecule has 0 aliphatic heterocycles. The number of aromatic nitrogens is 1. The van der Waals surface area contributed by atoms with Gasteiger partial charge in [-0.15, -0.1) is 0 Å². The summed E-state index contributed by atoms with van der Waals surface area (Å²) >= 11 is 0. The van der Waals surface area contributed by atoms with Crippen molar-refractivity contribution in [3.05, 3.63) is 17.7 Å². The minimum absolute atomic E-state index is 0.0206. The molecular formula is C10H14F3N5O. The Morgan fingerprint density at radius 3 is 2.47 bits per heavy atom. The topological polar surface area (TPSA) is 106 Å². The molecule has 0 unspecified atom stereocenters. The van der Waals surface area contributed by atoms with Crippen LogP contribution < -0.4 is 22.3 Å². The van der Waals surface area contributed by atoms with Crippen LogP contribution in [-0.2, 0) is 11.0 Å². The fourth-order valence-corrected chi connectivity index (χ4v) is 1.34. The lowest BCUT2D eigenvalue weighted by Crippen LogP contribution is -2.15. The Balaban J connectivity index is 2.74. The van der Waals surface area contributed by atoms with Gasteiger partial charge in [-0.1, -0.05) is 0 Å². The van der Waals surface area contributed by atoms with E-state index in [1.165, 1.54) is 0 Å². The molecule has 0 saturated carbocycles. The van der Waals surface area contributed by atoms with Gasteiger partial charge in [-0.3, -0.25) is 4.79 Å². The molecule has 0 bridgehead atoms. The zero-order valence-electron chi connectivity index (χ0n) is 9.92. The second kappa shape index (κ2) is 6.23. The van der Waals surface area contributed by atoms with Crippen molar-refractivity contribution in [3.63, 3.8) is 0 Å². The molecule has 1 aromatic heterocycles. The molecular weight excluding hydrogens is 263 g/mol. The first kappa shape index (κ1) is 15.0. The third kappa shape index (κ3) is 5.00. The lowest BCUT2D eigenvalue weighted by Gasteiger charge is -2.12. The van der Waals surface area contributed by atoms with Crippen molar-refractivity contribution in [1.29, 1.82) is 0 Å². The number of nitrogens with zero attached hydrogens (tertiary/aromatic N) is 1. The second-order valence-corrected chi connectivity index (χ2v) is 3.77. The van der Waals surface area contributed by atoms with Gasteiger partial charge in [-0.25, -0.2) is 10.8 Å². The van der Waals surface area contributed by atoms with Gasteiger partial charge in [0.25, 0.3) is 0 Å². The summed E-state index contributed by atoms with van der Waals surface area (Å²) in [6, 6.07) is 1.67. The first-order chi connectivity index (χ1) is 8.82. The number of primary amides is 1. The Morgan fingerprint density at radius 2 is 1.95 bits per heavy atom. The minimum atomic E-state index is -4.49. The molecule has 6 nitrogen and oxygen atoms in total. The average Bonchev–Trinajstić information content (AvgIpc) is 2.33. The minimum Gasteiger partial charge on any atom is -0.370 e. The third-order valence-corrected chi connectivity index (χ3v) is 2.21. The van der Waals surface area contributed by atoms with Gasteiger partial charge in [0.05, 0.1) is 5.56 Å². The molecule has 9 heteroatoms. The van der Waals surface area contributed by atoms with Crippen LogP contribution in [0.15, 0.2) is 12.1 Å². The maximum atomic E-state index is 12.6. The number of carbonyl (C=O) groups excluding carboxylic acids is 1. The Labute approximate surface area is 107 Å². The highest BCUT2D eigenvalue weighted by Crippen LogP contribution is 2.31. The summed E-state index contributed by atoms with van der Waals surface area (Å²) in [5, 5.41) is 2.67. The number of hydrazine groups is 1. The maximum absolute atomic E-state index is 12.6. The van der Waals surface area contributed by atoms with E-state index >= 15 is 0 Å². The first-order valence-corrected chi connectivity index (χ1v) is 5.41. The van der Waals surface area contributed by atoms with E-state index in [9.17, 15) is 18.0 Å². The molecule has 0 atom stereocenters. The highest BCUT2D eigenvalue weighted by atomic mass is 19.4. The Morgan fingerprint density at radius 1 is 1.32 bits per heavy atom. The van der Waals surface area contributed by atoms with E-state index in [2.05, 4.69) is 15.7 Å². The van der Waals surface area contributed by atoms with Crippen LogP contribution in [0.2, 0.25) is 0 Å². The molecule has 19 heavy (non-hydrogen) atoms. The summed E-state index contributed by atoms with van der Waals surface area (Å²) in [7, 11) is 0. The molecule has 0 radical (unpaired) electrons. The molecule has 1 aromatic rings. The van der Waals surface area contributed by atoms with Gasteiger partial charge in [0.1, 0.15) is 11.6 Å². The number of anilines is 2. The van der Waals surface area contributed by atoms with Crippen molar-refractivity contribution >= 4 is 17.5 Å². The van der Waals surface area contributed by atoms with E-state index in [0.29, 0.717) is 6.42 Å². The van der Waals surface area contributed by atoms with Crippen LogP contribution >= 0.6 is 0 Å². The van der Waals surface area contributed by atoms with Gasteiger partial charge in [-0.05, 0) is 18.6 Å². The SMILES string of the molecule is NNc1cc(C(F)(F)F)cc(NCCCC(N)=O)n1. The first-order valence-electron chi connectivity index (χ1n) is 5.41. The highest BCUT2D eigenvalue weighted by Gasteiger charge is 2.31. The van der Waals surface area contributed by atoms with E-state index in [0.717, 1.165) is 12.1 Å². The van der Waals surface area contributed by atoms with E-state index in [1.807, 2.05) is 0 Å². The van der Waals surface area contributed by atoms with Crippen LogP contribution in [0.4, 0.5) is 24.8 Å². The zero-order chi connectivity index (χ0) is 14.5. The molecule has 0 aliphatic carbocycles. The number of alkyl halides is 3. The van der Waals surface area contributed by atoms with Crippen LogP contribution in [0.1, 0.15) is 18.4 Å². The summed E-state index contributed by atoms with van der Waals surface area (Å²) in [6.07, 6.45) is -3.94. The monoisotopic (exact) mass is 277 g/mol. The molecule has 106 valence electrons. The van der Waals surface area contributed by atoms with Crippen LogP contribution in [0.25, 0.3) is 0 Å². The number of rotatable bonds is 6. The zero-order valence-corrected chi connectivity index (χ0v) is 9.92. The number of hydrogen-bond donors (Lipinski definition) is 4. The summed E-state index contributed by atoms with van der Waals surface area (Å²) in [6.45, 7) is 0.279. The van der Waals surface area contributed by atoms with Crippen molar-refractivity contribution in [2.75, 3.05) is 17.3 Å². The molecule has 6 N–H and O–H groups in total. The summed E-state index contributed by atoms with van der Waals surface area (Å²) in [4.78, 5) is 14.3. The number of nitrogen functional groups attached to an aromatic ring is 1. The van der Waals surface area contributed by atoms with E-state index in [4.69, 9.17) is 11.6 Å². The van der Waals surface area contributed by atoms with Crippen molar-refractivity contribution in [2.24, 2.45) is 11.6 Å². The Hall–Kier alpha value is -2.03. The van der Waals surface area contributed by atoms with Crippen molar-refractivity contribution < 1.29 is 18.0 Å². The smallest absolute Gasteiger partial charge is 0.370 e. The maximum Gasteiger partial charge on any atom is 0.416 e. The van der Waals surface area contributed by atoms with Gasteiger partial charge in [0, 0.05) is 13.0 Å². The van der Waals surface area contributed by atoms with Gasteiger partial charge < -0.3 is 16.5 Å². The number of carbonyl (C=O) groups is 1. The molecule has 0 fully saturated rings. The predicted molar refractivity (Wildman–Crippen MR) is 64.0 cm³/mol. The molecule has 1 amide bonds. The number of nitrogens with two attached hydrogens (primary N) is 2. The Kier molecular flexibility index (Phi) is 4.93. The fourth-order valence-electron chi connectivity index (χ4n) is 1.34. The van der Waals surface area contributed by atoms with Crippen LogP contribution in [0.3, 0.4) is 0 Å². The summed E-state index contributed by atoms with van der Waals surface area (Å²) < 4.78 is 37.8. The number of hydrogen-bond acceptors (Lipinski definition) is 5. The average molecular weight is 277 g/mol. The van der Waals surface area contributed by atoms with Crippen molar-refractivity contribution in [1.82, 2.24) is 4.98 Å². The predicted octanol–water partition coefficient (Wildman–Crippen LogP) is 1.06. The fraction of sp³-hybridized carbons (Fsp3) is 0.400.